The van der Waals surface area contributed by atoms with Gasteiger partial charge in [0.25, 0.3) is 5.91 Å². The van der Waals surface area contributed by atoms with E-state index in [0.29, 0.717) is 11.7 Å². The lowest BCUT2D eigenvalue weighted by Crippen LogP contribution is -2.41. The molecule has 0 aromatic carbocycles. The average molecular weight is 278 g/mol. The molecule has 1 aromatic heterocycles. The Labute approximate surface area is 112 Å². The fraction of sp³-hybridized carbons (Fsp3) is 0.400. The van der Waals surface area contributed by atoms with E-state index < -0.39 is 0 Å². The highest BCUT2D eigenvalue weighted by Gasteiger charge is 2.09. The third-order valence-corrected chi connectivity index (χ3v) is 2.06. The van der Waals surface area contributed by atoms with Crippen LogP contribution >= 0.6 is 24.6 Å². The van der Waals surface area contributed by atoms with E-state index in [1.807, 2.05) is 19.0 Å². The Hall–Kier alpha value is -1.11. The molecule has 0 atom stereocenters. The number of likely N-dealkylation sites (N-methyl/N-ethyl adjacent to an activating group) is 1. The van der Waals surface area contributed by atoms with E-state index in [2.05, 4.69) is 10.6 Å². The molecule has 96 valence electrons. The summed E-state index contributed by atoms with van der Waals surface area (Å²) < 4.78 is 4.93. The van der Waals surface area contributed by atoms with E-state index in [9.17, 15) is 4.79 Å². The molecule has 0 aliphatic carbocycles. The summed E-state index contributed by atoms with van der Waals surface area (Å²) in [6, 6.07) is 3.23. The molecule has 5 nitrogen and oxygen atoms in total. The first kappa shape index (κ1) is 15.9. The van der Waals surface area contributed by atoms with E-state index in [4.69, 9.17) is 16.6 Å². The smallest absolute Gasteiger partial charge is 0.293 e. The molecule has 0 saturated heterocycles. The lowest BCUT2D eigenvalue weighted by atomic mass is 10.4. The summed E-state index contributed by atoms with van der Waals surface area (Å²) in [4.78, 5) is 13.5. The first-order chi connectivity index (χ1) is 7.59. The van der Waals surface area contributed by atoms with Gasteiger partial charge in [0.05, 0.1) is 6.26 Å². The Morgan fingerprint density at radius 2 is 2.24 bits per heavy atom. The Morgan fingerprint density at radius 3 is 2.76 bits per heavy atom. The maximum absolute atomic E-state index is 11.5. The second-order valence-electron chi connectivity index (χ2n) is 3.49. The predicted octanol–water partition coefficient (Wildman–Crippen LogP) is 0.867. The van der Waals surface area contributed by atoms with Gasteiger partial charge in [-0.25, -0.2) is 0 Å². The Morgan fingerprint density at radius 1 is 1.53 bits per heavy atom. The summed E-state index contributed by atoms with van der Waals surface area (Å²) >= 11 is 4.95. The van der Waals surface area contributed by atoms with Crippen molar-refractivity contribution in [3.8, 4) is 0 Å². The fourth-order valence-corrected chi connectivity index (χ4v) is 1.20. The molecule has 1 amide bonds. The number of carbonyl (C=O) groups excluding carboxylic acids is 1. The highest BCUT2D eigenvalue weighted by Crippen LogP contribution is 1.98. The minimum absolute atomic E-state index is 0. The van der Waals surface area contributed by atoms with Crippen molar-refractivity contribution in [2.45, 2.75) is 0 Å². The van der Waals surface area contributed by atoms with Gasteiger partial charge >= 0.3 is 0 Å². The highest BCUT2D eigenvalue weighted by molar-refractivity contribution is 7.80. The molecule has 0 unspecified atom stereocenters. The zero-order valence-corrected chi connectivity index (χ0v) is 11.4. The average Bonchev–Trinajstić information content (AvgIpc) is 2.69. The lowest BCUT2D eigenvalue weighted by molar-refractivity contribution is 0.0949. The third kappa shape index (κ3) is 6.25. The van der Waals surface area contributed by atoms with Gasteiger partial charge in [-0.3, -0.25) is 10.1 Å². The quantitative estimate of drug-likeness (QED) is 0.800. The van der Waals surface area contributed by atoms with Crippen LogP contribution in [0.15, 0.2) is 22.8 Å². The van der Waals surface area contributed by atoms with Crippen LogP contribution in [0.25, 0.3) is 0 Å². The number of rotatable bonds is 4. The van der Waals surface area contributed by atoms with Crippen LogP contribution in [-0.2, 0) is 0 Å². The van der Waals surface area contributed by atoms with Crippen LogP contribution in [0.2, 0.25) is 0 Å². The van der Waals surface area contributed by atoms with Crippen LogP contribution in [0.4, 0.5) is 0 Å². The summed E-state index contributed by atoms with van der Waals surface area (Å²) in [5, 5.41) is 5.76. The van der Waals surface area contributed by atoms with Crippen LogP contribution in [0.3, 0.4) is 0 Å². The van der Waals surface area contributed by atoms with Gasteiger partial charge in [0.15, 0.2) is 10.9 Å². The summed E-state index contributed by atoms with van der Waals surface area (Å²) in [5.74, 6) is -0.0934. The first-order valence-corrected chi connectivity index (χ1v) is 5.28. The summed E-state index contributed by atoms with van der Waals surface area (Å²) in [5.41, 5.74) is 0. The molecule has 0 saturated carbocycles. The Balaban J connectivity index is 0.00000256. The number of carbonyl (C=O) groups is 1. The fourth-order valence-electron chi connectivity index (χ4n) is 1.01. The van der Waals surface area contributed by atoms with Crippen LogP contribution in [0.1, 0.15) is 10.6 Å². The first-order valence-electron chi connectivity index (χ1n) is 4.87. The van der Waals surface area contributed by atoms with Gasteiger partial charge in [-0.05, 0) is 38.4 Å². The van der Waals surface area contributed by atoms with Gasteiger partial charge in [0, 0.05) is 13.1 Å². The molecular formula is C10H16ClN3O2S. The van der Waals surface area contributed by atoms with E-state index >= 15 is 0 Å². The molecule has 0 bridgehead atoms. The molecule has 7 heteroatoms. The number of thiocarbonyl (C=S) groups is 1. The van der Waals surface area contributed by atoms with Crippen molar-refractivity contribution < 1.29 is 9.21 Å². The second kappa shape index (κ2) is 8.05. The number of furan rings is 1. The Kier molecular flexibility index (Phi) is 7.53. The third-order valence-electron chi connectivity index (χ3n) is 1.82. The van der Waals surface area contributed by atoms with E-state index in [1.54, 1.807) is 12.1 Å². The van der Waals surface area contributed by atoms with E-state index in [1.165, 1.54) is 6.26 Å². The van der Waals surface area contributed by atoms with Gasteiger partial charge in [-0.2, -0.15) is 0 Å². The monoisotopic (exact) mass is 277 g/mol. The van der Waals surface area contributed by atoms with E-state index in [0.717, 1.165) is 6.54 Å². The van der Waals surface area contributed by atoms with Crippen molar-refractivity contribution in [1.82, 2.24) is 15.5 Å². The molecular weight excluding hydrogens is 262 g/mol. The number of hydrogen-bond donors (Lipinski definition) is 2. The maximum atomic E-state index is 11.5. The zero-order valence-electron chi connectivity index (χ0n) is 9.73. The van der Waals surface area contributed by atoms with Crippen molar-refractivity contribution >= 4 is 35.6 Å². The van der Waals surface area contributed by atoms with E-state index in [-0.39, 0.29) is 24.1 Å². The van der Waals surface area contributed by atoms with Crippen molar-refractivity contribution in [1.29, 1.82) is 0 Å². The van der Waals surface area contributed by atoms with Gasteiger partial charge in [0.1, 0.15) is 0 Å². The van der Waals surface area contributed by atoms with Crippen molar-refractivity contribution in [3.63, 3.8) is 0 Å². The molecule has 0 spiro atoms. The molecule has 1 aromatic rings. The topological polar surface area (TPSA) is 57.5 Å². The van der Waals surface area contributed by atoms with Crippen molar-refractivity contribution in [2.24, 2.45) is 0 Å². The summed E-state index contributed by atoms with van der Waals surface area (Å²) in [6.07, 6.45) is 1.44. The molecule has 17 heavy (non-hydrogen) atoms. The van der Waals surface area contributed by atoms with Crippen LogP contribution in [-0.4, -0.2) is 43.1 Å². The number of nitrogens with one attached hydrogen (secondary N) is 2. The lowest BCUT2D eigenvalue weighted by Gasteiger charge is -2.12. The molecule has 1 rings (SSSR count). The van der Waals surface area contributed by atoms with Gasteiger partial charge in [0.2, 0.25) is 0 Å². The number of hydrogen-bond acceptors (Lipinski definition) is 4. The normalized spacial score (nSPS) is 9.59. The van der Waals surface area contributed by atoms with Crippen LogP contribution in [0, 0.1) is 0 Å². The molecule has 1 heterocycles. The molecule has 0 fully saturated rings. The summed E-state index contributed by atoms with van der Waals surface area (Å²) in [6.45, 7) is 1.53. The highest BCUT2D eigenvalue weighted by atomic mass is 35.5. The molecule has 0 aliphatic rings. The van der Waals surface area contributed by atoms with Crippen LogP contribution in [0.5, 0.6) is 0 Å². The summed E-state index contributed by atoms with van der Waals surface area (Å²) in [7, 11) is 3.93. The van der Waals surface area contributed by atoms with Gasteiger partial charge in [-0.1, -0.05) is 0 Å². The van der Waals surface area contributed by atoms with Gasteiger partial charge < -0.3 is 14.6 Å². The number of halogens is 1. The standard InChI is InChI=1S/C10H15N3O2S.ClH/c1-13(2)6-5-11-10(16)12-9(14)8-4-3-7-15-8;/h3-4,7H,5-6H2,1-2H3,(H2,11,12,14,16);1H. The number of nitrogens with zero attached hydrogens (tertiary/aromatic N) is 1. The minimum Gasteiger partial charge on any atom is -0.459 e. The number of amides is 1. The Bertz CT molecular complexity index is 354. The largest absolute Gasteiger partial charge is 0.459 e. The maximum Gasteiger partial charge on any atom is 0.293 e. The zero-order chi connectivity index (χ0) is 12.0. The van der Waals surface area contributed by atoms with Gasteiger partial charge in [-0.15, -0.1) is 12.4 Å². The minimum atomic E-state index is -0.340. The second-order valence-corrected chi connectivity index (χ2v) is 3.90. The molecule has 2 N–H and O–H groups in total. The molecule has 0 radical (unpaired) electrons. The SMILES string of the molecule is CN(C)CCNC(=S)NC(=O)c1ccco1.Cl. The van der Waals surface area contributed by atoms with Crippen LogP contribution < -0.4 is 10.6 Å². The molecule has 0 aliphatic heterocycles. The van der Waals surface area contributed by atoms with Crippen molar-refractivity contribution in [3.05, 3.63) is 24.2 Å². The predicted molar refractivity (Wildman–Crippen MR) is 72.6 cm³/mol. The van der Waals surface area contributed by atoms with Crippen molar-refractivity contribution in [2.75, 3.05) is 27.2 Å².